The van der Waals surface area contributed by atoms with E-state index in [1.807, 2.05) is 12.1 Å². The summed E-state index contributed by atoms with van der Waals surface area (Å²) >= 11 is 6.02. The van der Waals surface area contributed by atoms with E-state index in [-0.39, 0.29) is 5.43 Å². The highest BCUT2D eigenvalue weighted by Crippen LogP contribution is 2.21. The normalized spacial score (nSPS) is 15.3. The number of hydrogen-bond donors (Lipinski definition) is 0. The van der Waals surface area contributed by atoms with Gasteiger partial charge >= 0.3 is 0 Å². The van der Waals surface area contributed by atoms with Gasteiger partial charge in [-0.05, 0) is 42.5 Å². The third-order valence-corrected chi connectivity index (χ3v) is 5.24. The highest BCUT2D eigenvalue weighted by Gasteiger charge is 2.19. The maximum atomic E-state index is 12.7. The first-order chi connectivity index (χ1) is 13.1. The maximum Gasteiger partial charge on any atom is 0.197 e. The summed E-state index contributed by atoms with van der Waals surface area (Å²) in [6, 6.07) is 13.3. The molecule has 0 unspecified atom stereocenters. The number of hydrogen-bond acceptors (Lipinski definition) is 5. The zero-order valence-corrected chi connectivity index (χ0v) is 15.9. The molecule has 5 nitrogen and oxygen atoms in total. The van der Waals surface area contributed by atoms with E-state index in [0.29, 0.717) is 28.1 Å². The predicted octanol–water partition coefficient (Wildman–Crippen LogP) is 3.78. The van der Waals surface area contributed by atoms with Gasteiger partial charge in [-0.3, -0.25) is 9.69 Å². The Hall–Kier alpha value is -2.50. The fraction of sp³-hybridized carbons (Fsp3) is 0.286. The van der Waals surface area contributed by atoms with Crippen molar-refractivity contribution in [3.8, 4) is 5.75 Å². The summed E-state index contributed by atoms with van der Waals surface area (Å²) in [5, 5.41) is 1.08. The number of rotatable bonds is 4. The van der Waals surface area contributed by atoms with Crippen LogP contribution in [0.5, 0.6) is 5.75 Å². The molecular formula is C21H21ClN2O3. The number of benzene rings is 2. The lowest BCUT2D eigenvalue weighted by molar-refractivity contribution is 0.247. The smallest absolute Gasteiger partial charge is 0.197 e. The van der Waals surface area contributed by atoms with Crippen molar-refractivity contribution in [2.24, 2.45) is 0 Å². The largest absolute Gasteiger partial charge is 0.497 e. The molecule has 0 saturated carbocycles. The molecule has 1 aromatic heterocycles. The number of ether oxygens (including phenoxy) is 1. The highest BCUT2D eigenvalue weighted by atomic mass is 35.5. The predicted molar refractivity (Wildman–Crippen MR) is 108 cm³/mol. The summed E-state index contributed by atoms with van der Waals surface area (Å²) in [5.74, 6) is 0.862. The molecule has 4 rings (SSSR count). The number of anilines is 1. The van der Waals surface area contributed by atoms with Crippen molar-refractivity contribution in [2.45, 2.75) is 6.54 Å². The Kier molecular flexibility index (Phi) is 5.05. The van der Waals surface area contributed by atoms with Crippen molar-refractivity contribution < 1.29 is 9.15 Å². The average Bonchev–Trinajstić information content (AvgIpc) is 2.71. The molecule has 0 amide bonds. The van der Waals surface area contributed by atoms with Crippen molar-refractivity contribution >= 4 is 28.3 Å². The van der Waals surface area contributed by atoms with Gasteiger partial charge in [0, 0.05) is 49.0 Å². The Labute approximate surface area is 162 Å². The van der Waals surface area contributed by atoms with E-state index in [9.17, 15) is 4.79 Å². The van der Waals surface area contributed by atoms with Gasteiger partial charge in [0.15, 0.2) is 5.43 Å². The van der Waals surface area contributed by atoms with Crippen molar-refractivity contribution in [2.75, 3.05) is 38.2 Å². The summed E-state index contributed by atoms with van der Waals surface area (Å²) in [4.78, 5) is 17.4. The van der Waals surface area contributed by atoms with E-state index in [4.69, 9.17) is 20.8 Å². The van der Waals surface area contributed by atoms with Crippen LogP contribution in [-0.2, 0) is 6.54 Å². The van der Waals surface area contributed by atoms with Crippen LogP contribution in [-0.4, -0.2) is 38.2 Å². The van der Waals surface area contributed by atoms with E-state index in [1.54, 1.807) is 31.6 Å². The van der Waals surface area contributed by atoms with Crippen LogP contribution in [0.1, 0.15) is 5.56 Å². The van der Waals surface area contributed by atoms with Crippen LogP contribution < -0.4 is 15.1 Å². The lowest BCUT2D eigenvalue weighted by Gasteiger charge is -2.36. The van der Waals surface area contributed by atoms with E-state index in [0.717, 1.165) is 31.9 Å². The average molecular weight is 385 g/mol. The molecule has 0 bridgehead atoms. The summed E-state index contributed by atoms with van der Waals surface area (Å²) < 4.78 is 10.8. The van der Waals surface area contributed by atoms with Gasteiger partial charge in [-0.2, -0.15) is 0 Å². The van der Waals surface area contributed by atoms with Gasteiger partial charge in [0.1, 0.15) is 11.3 Å². The molecule has 0 radical (unpaired) electrons. The Bertz CT molecular complexity index is 992. The molecule has 2 heterocycles. The van der Waals surface area contributed by atoms with Gasteiger partial charge in [0.2, 0.25) is 0 Å². The third kappa shape index (κ3) is 3.80. The Morgan fingerprint density at radius 2 is 1.81 bits per heavy atom. The molecular weight excluding hydrogens is 364 g/mol. The lowest BCUT2D eigenvalue weighted by atomic mass is 10.1. The van der Waals surface area contributed by atoms with Crippen LogP contribution in [0.25, 0.3) is 11.0 Å². The number of methoxy groups -OCH3 is 1. The SMILES string of the molecule is COc1ccc(N2CCN(Cc3coc4ccc(Cl)cc4c3=O)CC2)cc1. The van der Waals surface area contributed by atoms with Crippen LogP contribution in [0.15, 0.2) is 57.9 Å². The topological polar surface area (TPSA) is 45.9 Å². The summed E-state index contributed by atoms with van der Waals surface area (Å²) in [7, 11) is 1.67. The second kappa shape index (κ2) is 7.62. The number of nitrogens with zero attached hydrogens (tertiary/aromatic N) is 2. The summed E-state index contributed by atoms with van der Waals surface area (Å²) in [5.41, 5.74) is 2.42. The fourth-order valence-electron chi connectivity index (χ4n) is 3.45. The van der Waals surface area contributed by atoms with Crippen LogP contribution >= 0.6 is 11.6 Å². The van der Waals surface area contributed by atoms with Gasteiger partial charge in [-0.25, -0.2) is 0 Å². The molecule has 1 aliphatic rings. The first-order valence-corrected chi connectivity index (χ1v) is 9.33. The second-order valence-corrected chi connectivity index (χ2v) is 7.13. The molecule has 1 aliphatic heterocycles. The molecule has 0 atom stereocenters. The molecule has 1 fully saturated rings. The summed E-state index contributed by atoms with van der Waals surface area (Å²) in [6.07, 6.45) is 1.58. The van der Waals surface area contributed by atoms with Crippen molar-refractivity contribution in [3.05, 3.63) is 69.5 Å². The quantitative estimate of drug-likeness (QED) is 0.685. The van der Waals surface area contributed by atoms with Gasteiger partial charge < -0.3 is 14.1 Å². The Morgan fingerprint density at radius 3 is 2.52 bits per heavy atom. The fourth-order valence-corrected chi connectivity index (χ4v) is 3.62. The highest BCUT2D eigenvalue weighted by molar-refractivity contribution is 6.31. The minimum atomic E-state index is -0.00339. The number of fused-ring (bicyclic) bond motifs is 1. The van der Waals surface area contributed by atoms with E-state index in [1.165, 1.54) is 5.69 Å². The minimum Gasteiger partial charge on any atom is -0.497 e. The number of halogens is 1. The third-order valence-electron chi connectivity index (χ3n) is 5.01. The number of piperazine rings is 1. The van der Waals surface area contributed by atoms with Crippen molar-refractivity contribution in [1.29, 1.82) is 0 Å². The zero-order valence-electron chi connectivity index (χ0n) is 15.2. The van der Waals surface area contributed by atoms with Gasteiger partial charge in [-0.15, -0.1) is 0 Å². The van der Waals surface area contributed by atoms with Crippen LogP contribution in [0.4, 0.5) is 5.69 Å². The standard InChI is InChI=1S/C21H21ClN2O3/c1-26-18-5-3-17(4-6-18)24-10-8-23(9-11-24)13-15-14-27-20-7-2-16(22)12-19(20)21(15)25/h2-7,12,14H,8-11,13H2,1H3. The Balaban J connectivity index is 1.44. The van der Waals surface area contributed by atoms with Gasteiger partial charge in [-0.1, -0.05) is 11.6 Å². The molecule has 6 heteroatoms. The molecule has 0 spiro atoms. The van der Waals surface area contributed by atoms with Crippen molar-refractivity contribution in [3.63, 3.8) is 0 Å². The molecule has 27 heavy (non-hydrogen) atoms. The maximum absolute atomic E-state index is 12.7. The van der Waals surface area contributed by atoms with Crippen LogP contribution in [0.3, 0.4) is 0 Å². The first kappa shape index (κ1) is 17.9. The second-order valence-electron chi connectivity index (χ2n) is 6.69. The van der Waals surface area contributed by atoms with Gasteiger partial charge in [0.05, 0.1) is 18.8 Å². The molecule has 0 N–H and O–H groups in total. The van der Waals surface area contributed by atoms with Crippen molar-refractivity contribution in [1.82, 2.24) is 4.90 Å². The van der Waals surface area contributed by atoms with Crippen LogP contribution in [0, 0.1) is 0 Å². The lowest BCUT2D eigenvalue weighted by Crippen LogP contribution is -2.46. The molecule has 1 saturated heterocycles. The van der Waals surface area contributed by atoms with E-state index in [2.05, 4.69) is 21.9 Å². The van der Waals surface area contributed by atoms with Crippen LogP contribution in [0.2, 0.25) is 5.02 Å². The minimum absolute atomic E-state index is 0.00339. The van der Waals surface area contributed by atoms with Gasteiger partial charge in [0.25, 0.3) is 0 Å². The molecule has 140 valence electrons. The molecule has 2 aromatic carbocycles. The molecule has 3 aromatic rings. The summed E-state index contributed by atoms with van der Waals surface area (Å²) in [6.45, 7) is 4.19. The zero-order chi connectivity index (χ0) is 18.8. The Morgan fingerprint density at radius 1 is 1.07 bits per heavy atom. The monoisotopic (exact) mass is 384 g/mol. The van der Waals surface area contributed by atoms with E-state index < -0.39 is 0 Å². The molecule has 0 aliphatic carbocycles. The first-order valence-electron chi connectivity index (χ1n) is 8.95. The van der Waals surface area contributed by atoms with E-state index >= 15 is 0 Å².